The normalized spacial score (nSPS) is 11.0. The maximum absolute atomic E-state index is 13.3. The van der Waals surface area contributed by atoms with Crippen LogP contribution in [0.1, 0.15) is 11.4 Å². The first-order valence-corrected chi connectivity index (χ1v) is 9.59. The maximum Gasteiger partial charge on any atom is 0.258 e. The molecule has 4 aromatic rings. The Hall–Kier alpha value is -3.33. The molecule has 29 heavy (non-hydrogen) atoms. The van der Waals surface area contributed by atoms with Crippen molar-refractivity contribution >= 4 is 22.9 Å². The molecule has 6 nitrogen and oxygen atoms in total. The molecule has 0 saturated heterocycles. The Morgan fingerprint density at radius 1 is 1.14 bits per heavy atom. The van der Waals surface area contributed by atoms with E-state index >= 15 is 0 Å². The number of nitrogens with zero attached hydrogens (tertiary/aromatic N) is 3. The number of aryl methyl sites for hydroxylation is 1. The lowest BCUT2D eigenvalue weighted by molar-refractivity contribution is -0.116. The van der Waals surface area contributed by atoms with E-state index in [1.165, 1.54) is 17.4 Å². The van der Waals surface area contributed by atoms with E-state index in [1.807, 2.05) is 37.4 Å². The molecule has 0 bridgehead atoms. The van der Waals surface area contributed by atoms with Crippen LogP contribution in [-0.2, 0) is 11.3 Å². The molecule has 0 radical (unpaired) electrons. The third kappa shape index (κ3) is 3.81. The minimum Gasteiger partial charge on any atom is -0.415 e. The standard InChI is InChI=1S/C20H16F2N4O2S/c1-11-8-14(19-24-25-20(28-19)17-4-3-7-29-17)12(2)26(11)10-18(27)23-13-5-6-15(21)16(22)9-13/h3-9H,10H2,1-2H3,(H,23,27). The van der Waals surface area contributed by atoms with Crippen LogP contribution in [-0.4, -0.2) is 20.7 Å². The van der Waals surface area contributed by atoms with Crippen LogP contribution in [0.4, 0.5) is 14.5 Å². The first kappa shape index (κ1) is 19.0. The molecule has 9 heteroatoms. The highest BCUT2D eigenvalue weighted by molar-refractivity contribution is 7.13. The van der Waals surface area contributed by atoms with Gasteiger partial charge in [0.25, 0.3) is 5.89 Å². The maximum atomic E-state index is 13.3. The van der Waals surface area contributed by atoms with Crippen LogP contribution in [0.5, 0.6) is 0 Å². The number of anilines is 1. The number of nitrogens with one attached hydrogen (secondary N) is 1. The largest absolute Gasteiger partial charge is 0.415 e. The highest BCUT2D eigenvalue weighted by Gasteiger charge is 2.19. The molecule has 0 aliphatic carbocycles. The van der Waals surface area contributed by atoms with Crippen molar-refractivity contribution in [3.05, 3.63) is 64.8 Å². The molecular formula is C20H16F2N4O2S. The Kier molecular flexibility index (Phi) is 4.98. The first-order valence-electron chi connectivity index (χ1n) is 8.72. The summed E-state index contributed by atoms with van der Waals surface area (Å²) in [6.07, 6.45) is 0. The minimum atomic E-state index is -1.02. The van der Waals surface area contributed by atoms with Gasteiger partial charge < -0.3 is 14.3 Å². The molecule has 0 aliphatic rings. The third-order valence-corrected chi connectivity index (χ3v) is 5.32. The average Bonchev–Trinajstić information content (AvgIpc) is 3.41. The van der Waals surface area contributed by atoms with Crippen molar-refractivity contribution < 1.29 is 18.0 Å². The summed E-state index contributed by atoms with van der Waals surface area (Å²) < 4.78 is 33.9. The van der Waals surface area contributed by atoms with Crippen LogP contribution in [0.25, 0.3) is 22.2 Å². The SMILES string of the molecule is Cc1cc(-c2nnc(-c3cccs3)o2)c(C)n1CC(=O)Nc1ccc(F)c(F)c1. The molecule has 1 N–H and O–H groups in total. The van der Waals surface area contributed by atoms with E-state index in [0.717, 1.165) is 34.0 Å². The van der Waals surface area contributed by atoms with Crippen molar-refractivity contribution in [3.63, 3.8) is 0 Å². The van der Waals surface area contributed by atoms with Crippen LogP contribution in [0.2, 0.25) is 0 Å². The zero-order chi connectivity index (χ0) is 20.5. The van der Waals surface area contributed by atoms with Crippen molar-refractivity contribution in [2.75, 3.05) is 5.32 Å². The van der Waals surface area contributed by atoms with Crippen LogP contribution in [0.3, 0.4) is 0 Å². The quantitative estimate of drug-likeness (QED) is 0.509. The Balaban J connectivity index is 1.54. The molecule has 4 rings (SSSR count). The van der Waals surface area contributed by atoms with Gasteiger partial charge in [0.15, 0.2) is 11.6 Å². The van der Waals surface area contributed by atoms with Crippen molar-refractivity contribution in [1.29, 1.82) is 0 Å². The number of benzene rings is 1. The number of thiophene rings is 1. The lowest BCUT2D eigenvalue weighted by Gasteiger charge is -2.10. The lowest BCUT2D eigenvalue weighted by atomic mass is 10.2. The summed E-state index contributed by atoms with van der Waals surface area (Å²) in [5.74, 6) is -1.54. The molecule has 0 spiro atoms. The first-order chi connectivity index (χ1) is 13.9. The Morgan fingerprint density at radius 2 is 1.93 bits per heavy atom. The van der Waals surface area contributed by atoms with Crippen molar-refractivity contribution in [1.82, 2.24) is 14.8 Å². The highest BCUT2D eigenvalue weighted by atomic mass is 32.1. The van der Waals surface area contributed by atoms with Crippen molar-refractivity contribution in [3.8, 4) is 22.2 Å². The molecule has 0 aliphatic heterocycles. The van der Waals surface area contributed by atoms with E-state index in [4.69, 9.17) is 4.42 Å². The smallest absolute Gasteiger partial charge is 0.258 e. The molecule has 0 saturated carbocycles. The summed E-state index contributed by atoms with van der Waals surface area (Å²) >= 11 is 1.50. The number of hydrogen-bond acceptors (Lipinski definition) is 5. The molecule has 1 aromatic carbocycles. The Labute approximate surface area is 168 Å². The van der Waals surface area contributed by atoms with Gasteiger partial charge in [-0.15, -0.1) is 21.5 Å². The van der Waals surface area contributed by atoms with Gasteiger partial charge in [-0.2, -0.15) is 0 Å². The fraction of sp³-hybridized carbons (Fsp3) is 0.150. The van der Waals surface area contributed by atoms with Gasteiger partial charge in [-0.1, -0.05) is 6.07 Å². The fourth-order valence-electron chi connectivity index (χ4n) is 3.01. The minimum absolute atomic E-state index is 0.00256. The summed E-state index contributed by atoms with van der Waals surface area (Å²) in [6.45, 7) is 3.71. The van der Waals surface area contributed by atoms with Gasteiger partial charge in [0, 0.05) is 23.1 Å². The van der Waals surface area contributed by atoms with Gasteiger partial charge >= 0.3 is 0 Å². The number of rotatable bonds is 5. The zero-order valence-corrected chi connectivity index (χ0v) is 16.4. The Morgan fingerprint density at radius 3 is 2.66 bits per heavy atom. The predicted octanol–water partition coefficient (Wildman–Crippen LogP) is 4.80. The number of amides is 1. The van der Waals surface area contributed by atoms with Crippen LogP contribution in [0.15, 0.2) is 46.2 Å². The molecule has 1 amide bonds. The number of carbonyl (C=O) groups excluding carboxylic acids is 1. The monoisotopic (exact) mass is 414 g/mol. The van der Waals surface area contributed by atoms with Gasteiger partial charge in [-0.3, -0.25) is 4.79 Å². The number of hydrogen-bond donors (Lipinski definition) is 1. The topological polar surface area (TPSA) is 73.0 Å². The van der Waals surface area contributed by atoms with Gasteiger partial charge in [0.2, 0.25) is 11.8 Å². The second-order valence-electron chi connectivity index (χ2n) is 6.44. The number of halogens is 2. The van der Waals surface area contributed by atoms with Gasteiger partial charge in [0.05, 0.1) is 10.4 Å². The molecule has 3 heterocycles. The van der Waals surface area contributed by atoms with E-state index in [9.17, 15) is 13.6 Å². The van der Waals surface area contributed by atoms with Crippen LogP contribution >= 0.6 is 11.3 Å². The summed E-state index contributed by atoms with van der Waals surface area (Å²) in [5.41, 5.74) is 2.53. The third-order valence-electron chi connectivity index (χ3n) is 4.47. The summed E-state index contributed by atoms with van der Waals surface area (Å²) in [4.78, 5) is 13.3. The molecule has 0 unspecified atom stereocenters. The van der Waals surface area contributed by atoms with E-state index in [1.54, 1.807) is 4.57 Å². The van der Waals surface area contributed by atoms with Gasteiger partial charge in [-0.25, -0.2) is 8.78 Å². The average molecular weight is 414 g/mol. The molecule has 3 aromatic heterocycles. The molecule has 148 valence electrons. The second-order valence-corrected chi connectivity index (χ2v) is 7.39. The predicted molar refractivity (Wildman–Crippen MR) is 105 cm³/mol. The zero-order valence-electron chi connectivity index (χ0n) is 15.6. The van der Waals surface area contributed by atoms with E-state index in [0.29, 0.717) is 11.8 Å². The van der Waals surface area contributed by atoms with Crippen LogP contribution in [0, 0.1) is 25.5 Å². The fourth-order valence-corrected chi connectivity index (χ4v) is 3.66. The van der Waals surface area contributed by atoms with E-state index < -0.39 is 11.6 Å². The second kappa shape index (κ2) is 7.59. The Bertz CT molecular complexity index is 1180. The van der Waals surface area contributed by atoms with E-state index in [2.05, 4.69) is 15.5 Å². The van der Waals surface area contributed by atoms with Gasteiger partial charge in [0.1, 0.15) is 6.54 Å². The molecule has 0 atom stereocenters. The molecule has 0 fully saturated rings. The summed E-state index contributed by atoms with van der Waals surface area (Å²) in [5, 5.41) is 12.7. The van der Waals surface area contributed by atoms with Crippen LogP contribution < -0.4 is 5.32 Å². The lowest BCUT2D eigenvalue weighted by Crippen LogP contribution is -2.20. The van der Waals surface area contributed by atoms with Crippen molar-refractivity contribution in [2.24, 2.45) is 0 Å². The summed E-state index contributed by atoms with van der Waals surface area (Å²) in [6, 6.07) is 8.89. The van der Waals surface area contributed by atoms with Crippen molar-refractivity contribution in [2.45, 2.75) is 20.4 Å². The highest BCUT2D eigenvalue weighted by Crippen LogP contribution is 2.30. The van der Waals surface area contributed by atoms with E-state index in [-0.39, 0.29) is 18.1 Å². The summed E-state index contributed by atoms with van der Waals surface area (Å²) in [7, 11) is 0. The van der Waals surface area contributed by atoms with Gasteiger partial charge in [-0.05, 0) is 43.5 Å². The number of carbonyl (C=O) groups is 1. The molecular weight excluding hydrogens is 398 g/mol. The number of aromatic nitrogens is 3.